The average molecular weight is 294 g/mol. The van der Waals surface area contributed by atoms with Crippen LogP contribution in [-0.2, 0) is 16.1 Å². The van der Waals surface area contributed by atoms with Crippen molar-refractivity contribution in [3.8, 4) is 0 Å². The molecule has 1 aliphatic heterocycles. The van der Waals surface area contributed by atoms with Gasteiger partial charge in [0, 0.05) is 6.54 Å². The highest BCUT2D eigenvalue weighted by Gasteiger charge is 2.39. The molecule has 0 saturated carbocycles. The highest BCUT2D eigenvalue weighted by Crippen LogP contribution is 2.22. The molecular weight excluding hydrogens is 272 g/mol. The number of amides is 2. The van der Waals surface area contributed by atoms with Crippen LogP contribution in [0, 0.1) is 5.92 Å². The molecule has 4 nitrogen and oxygen atoms in total. The lowest BCUT2D eigenvalue weighted by Gasteiger charge is -2.39. The van der Waals surface area contributed by atoms with Crippen molar-refractivity contribution < 1.29 is 9.59 Å². The summed E-state index contributed by atoms with van der Waals surface area (Å²) < 4.78 is 0. The third-order valence-corrected chi connectivity index (χ3v) is 4.34. The van der Waals surface area contributed by atoms with E-state index in [-0.39, 0.29) is 23.9 Å². The maximum Gasteiger partial charge on any atom is 0.246 e. The first-order chi connectivity index (χ1) is 9.52. The Morgan fingerprint density at radius 3 is 2.70 bits per heavy atom. The van der Waals surface area contributed by atoms with Gasteiger partial charge in [-0.15, -0.1) is 0 Å². The Bertz CT molecular complexity index is 470. The van der Waals surface area contributed by atoms with Crippen LogP contribution in [0.3, 0.4) is 0 Å². The molecule has 1 aliphatic rings. The van der Waals surface area contributed by atoms with Crippen molar-refractivity contribution >= 4 is 23.2 Å². The van der Waals surface area contributed by atoms with E-state index in [1.165, 1.54) is 0 Å². The molecule has 1 aromatic rings. The van der Waals surface area contributed by atoms with Gasteiger partial charge in [0.15, 0.2) is 0 Å². The normalized spacial score (nSPS) is 23.3. The van der Waals surface area contributed by atoms with E-state index in [0.717, 1.165) is 5.56 Å². The summed E-state index contributed by atoms with van der Waals surface area (Å²) in [4.78, 5) is 26.6. The quantitative estimate of drug-likeness (QED) is 0.906. The fourth-order valence-electron chi connectivity index (χ4n) is 2.55. The molecule has 0 aromatic carbocycles. The summed E-state index contributed by atoms with van der Waals surface area (Å²) in [6, 6.07) is 1.30. The monoisotopic (exact) mass is 294 g/mol. The zero-order chi connectivity index (χ0) is 14.7. The number of thiophene rings is 1. The third kappa shape index (κ3) is 3.20. The van der Waals surface area contributed by atoms with Gasteiger partial charge in [0.25, 0.3) is 0 Å². The van der Waals surface area contributed by atoms with Gasteiger partial charge in [-0.3, -0.25) is 9.59 Å². The third-order valence-electron chi connectivity index (χ3n) is 3.61. The van der Waals surface area contributed by atoms with Crippen molar-refractivity contribution in [3.05, 3.63) is 22.4 Å². The van der Waals surface area contributed by atoms with Crippen LogP contribution in [-0.4, -0.2) is 28.8 Å². The molecule has 5 heteroatoms. The van der Waals surface area contributed by atoms with Crippen molar-refractivity contribution in [1.29, 1.82) is 0 Å². The van der Waals surface area contributed by atoms with Gasteiger partial charge >= 0.3 is 0 Å². The Morgan fingerprint density at radius 2 is 2.15 bits per heavy atom. The van der Waals surface area contributed by atoms with E-state index in [4.69, 9.17) is 0 Å². The van der Waals surface area contributed by atoms with Gasteiger partial charge in [-0.25, -0.2) is 0 Å². The molecule has 1 aromatic heterocycles. The lowest BCUT2D eigenvalue weighted by atomic mass is 9.96. The van der Waals surface area contributed by atoms with Crippen molar-refractivity contribution in [3.63, 3.8) is 0 Å². The summed E-state index contributed by atoms with van der Waals surface area (Å²) in [5.74, 6) is 0.408. The average Bonchev–Trinajstić information content (AvgIpc) is 2.90. The number of nitrogens with one attached hydrogen (secondary N) is 1. The summed E-state index contributed by atoms with van der Waals surface area (Å²) >= 11 is 1.61. The Morgan fingerprint density at radius 1 is 1.40 bits per heavy atom. The van der Waals surface area contributed by atoms with E-state index in [0.29, 0.717) is 25.3 Å². The molecule has 0 bridgehead atoms. The zero-order valence-corrected chi connectivity index (χ0v) is 13.1. The van der Waals surface area contributed by atoms with Crippen LogP contribution in [0.15, 0.2) is 16.8 Å². The first-order valence-electron chi connectivity index (χ1n) is 7.14. The van der Waals surface area contributed by atoms with Crippen LogP contribution in [0.1, 0.15) is 39.2 Å². The Balaban J connectivity index is 2.22. The number of piperazine rings is 1. The second-order valence-corrected chi connectivity index (χ2v) is 6.49. The molecule has 0 radical (unpaired) electrons. The van der Waals surface area contributed by atoms with Gasteiger partial charge in [-0.1, -0.05) is 20.8 Å². The molecule has 20 heavy (non-hydrogen) atoms. The van der Waals surface area contributed by atoms with E-state index in [1.54, 1.807) is 16.2 Å². The molecule has 2 atom stereocenters. The van der Waals surface area contributed by atoms with Crippen molar-refractivity contribution in [2.24, 2.45) is 5.92 Å². The zero-order valence-electron chi connectivity index (χ0n) is 12.3. The minimum Gasteiger partial charge on any atom is -0.343 e. The molecule has 0 spiro atoms. The smallest absolute Gasteiger partial charge is 0.246 e. The number of hydrogen-bond donors (Lipinski definition) is 1. The number of carbonyl (C=O) groups excluding carboxylic acids is 2. The van der Waals surface area contributed by atoms with Crippen LogP contribution in [0.2, 0.25) is 0 Å². The summed E-state index contributed by atoms with van der Waals surface area (Å²) in [5, 5.41) is 6.89. The van der Waals surface area contributed by atoms with Gasteiger partial charge < -0.3 is 10.2 Å². The Labute approximate surface area is 124 Å². The Hall–Kier alpha value is -1.36. The van der Waals surface area contributed by atoms with Gasteiger partial charge in [0.1, 0.15) is 12.1 Å². The fourth-order valence-corrected chi connectivity index (χ4v) is 3.21. The summed E-state index contributed by atoms with van der Waals surface area (Å²) in [6.07, 6.45) is 1.34. The molecule has 110 valence electrons. The molecule has 1 saturated heterocycles. The van der Waals surface area contributed by atoms with Crippen molar-refractivity contribution in [2.45, 2.75) is 52.2 Å². The molecular formula is C15H22N2O2S. The molecule has 2 amide bonds. The molecule has 2 rings (SSSR count). The maximum atomic E-state index is 12.5. The summed E-state index contributed by atoms with van der Waals surface area (Å²) in [5.41, 5.74) is 1.10. The van der Waals surface area contributed by atoms with Gasteiger partial charge in [0.05, 0.1) is 0 Å². The van der Waals surface area contributed by atoms with E-state index < -0.39 is 0 Å². The largest absolute Gasteiger partial charge is 0.343 e. The molecule has 1 fully saturated rings. The maximum absolute atomic E-state index is 12.5. The van der Waals surface area contributed by atoms with E-state index in [9.17, 15) is 9.59 Å². The standard InChI is InChI=1S/C15H22N2O2S/c1-4-12-15(19)17(8-11-5-6-20-9-11)13(7-10(2)3)14(18)16-12/h5-6,9-10,12-13H,4,7-8H2,1-3H3,(H,16,18). The predicted molar refractivity (Wildman–Crippen MR) is 80.3 cm³/mol. The first-order valence-corrected chi connectivity index (χ1v) is 8.09. The number of carbonyl (C=O) groups is 2. The highest BCUT2D eigenvalue weighted by atomic mass is 32.1. The lowest BCUT2D eigenvalue weighted by Crippen LogP contribution is -2.62. The van der Waals surface area contributed by atoms with Gasteiger partial charge in [-0.2, -0.15) is 11.3 Å². The molecule has 0 aliphatic carbocycles. The topological polar surface area (TPSA) is 49.4 Å². The number of rotatable bonds is 5. The van der Waals surface area contributed by atoms with E-state index in [2.05, 4.69) is 19.2 Å². The first kappa shape index (κ1) is 15.0. The summed E-state index contributed by atoms with van der Waals surface area (Å²) in [6.45, 7) is 6.61. The van der Waals surface area contributed by atoms with E-state index in [1.807, 2.05) is 23.8 Å². The van der Waals surface area contributed by atoms with Crippen LogP contribution < -0.4 is 5.32 Å². The van der Waals surface area contributed by atoms with Crippen LogP contribution in [0.4, 0.5) is 0 Å². The molecule has 2 unspecified atom stereocenters. The second kappa shape index (κ2) is 6.39. The van der Waals surface area contributed by atoms with Crippen molar-refractivity contribution in [1.82, 2.24) is 10.2 Å². The van der Waals surface area contributed by atoms with Crippen LogP contribution in [0.25, 0.3) is 0 Å². The summed E-state index contributed by atoms with van der Waals surface area (Å²) in [7, 11) is 0. The van der Waals surface area contributed by atoms with E-state index >= 15 is 0 Å². The van der Waals surface area contributed by atoms with Crippen LogP contribution in [0.5, 0.6) is 0 Å². The van der Waals surface area contributed by atoms with Gasteiger partial charge in [0.2, 0.25) is 11.8 Å². The number of nitrogens with zero attached hydrogens (tertiary/aromatic N) is 1. The fraction of sp³-hybridized carbons (Fsp3) is 0.600. The highest BCUT2D eigenvalue weighted by molar-refractivity contribution is 7.07. The lowest BCUT2D eigenvalue weighted by molar-refractivity contribution is -0.150. The van der Waals surface area contributed by atoms with Crippen molar-refractivity contribution in [2.75, 3.05) is 0 Å². The van der Waals surface area contributed by atoms with Crippen LogP contribution >= 0.6 is 11.3 Å². The minimum absolute atomic E-state index is 0.0135. The second-order valence-electron chi connectivity index (χ2n) is 5.71. The number of hydrogen-bond acceptors (Lipinski definition) is 3. The molecule has 1 N–H and O–H groups in total. The molecule has 2 heterocycles. The SMILES string of the molecule is CCC1NC(=O)C(CC(C)C)N(Cc2ccsc2)C1=O. The predicted octanol–water partition coefficient (Wildman–Crippen LogP) is 2.40. The van der Waals surface area contributed by atoms with Gasteiger partial charge in [-0.05, 0) is 41.1 Å². The Kier molecular flexibility index (Phi) is 4.81. The minimum atomic E-state index is -0.371.